The van der Waals surface area contributed by atoms with E-state index >= 15 is 0 Å². The molecule has 0 saturated carbocycles. The van der Waals surface area contributed by atoms with Crippen molar-refractivity contribution in [1.29, 1.82) is 0 Å². The third-order valence-electron chi connectivity index (χ3n) is 6.64. The number of rotatable bonds is 3. The zero-order valence-electron chi connectivity index (χ0n) is 16.5. The van der Waals surface area contributed by atoms with E-state index < -0.39 is 6.17 Å². The normalized spacial score (nSPS) is 21.9. The van der Waals surface area contributed by atoms with Crippen molar-refractivity contribution >= 4 is 22.2 Å². The molecule has 2 heterocycles. The number of phenols is 1. The van der Waals surface area contributed by atoms with Gasteiger partial charge in [-0.15, -0.1) is 11.3 Å². The number of para-hydroxylation sites is 1. The Morgan fingerprint density at radius 2 is 2.07 bits per heavy atom. The van der Waals surface area contributed by atoms with Crippen LogP contribution in [0.4, 0.5) is 5.00 Å². The Balaban J connectivity index is 1.66. The van der Waals surface area contributed by atoms with Crippen LogP contribution in [0.1, 0.15) is 71.7 Å². The number of anilines is 1. The van der Waals surface area contributed by atoms with Crippen LogP contribution in [-0.2, 0) is 12.8 Å². The molecule has 2 atom stereocenters. The molecule has 0 radical (unpaired) electrons. The van der Waals surface area contributed by atoms with Crippen LogP contribution < -0.4 is 10.6 Å². The first-order valence-electron chi connectivity index (χ1n) is 9.82. The highest BCUT2D eigenvalue weighted by Gasteiger charge is 2.37. The van der Waals surface area contributed by atoms with Crippen molar-refractivity contribution < 1.29 is 9.90 Å². The minimum absolute atomic E-state index is 0.0274. The van der Waals surface area contributed by atoms with Crippen LogP contribution in [0.15, 0.2) is 18.2 Å². The summed E-state index contributed by atoms with van der Waals surface area (Å²) in [5.41, 5.74) is 3.91. The summed E-state index contributed by atoms with van der Waals surface area (Å²) in [5, 5.41) is 17.9. The van der Waals surface area contributed by atoms with Crippen LogP contribution in [-0.4, -0.2) is 11.0 Å². The molecule has 0 spiro atoms. The van der Waals surface area contributed by atoms with Gasteiger partial charge in [0.05, 0.1) is 5.56 Å². The summed E-state index contributed by atoms with van der Waals surface area (Å²) >= 11 is 1.73. The average molecular weight is 385 g/mol. The van der Waals surface area contributed by atoms with Crippen molar-refractivity contribution in [2.75, 3.05) is 5.32 Å². The number of phenolic OH excluding ortho intramolecular Hbond substituents is 1. The third kappa shape index (κ3) is 3.02. The van der Waals surface area contributed by atoms with E-state index in [1.807, 2.05) is 25.1 Å². The summed E-state index contributed by atoms with van der Waals surface area (Å²) in [4.78, 5) is 14.3. The predicted octanol–water partition coefficient (Wildman–Crippen LogP) is 5.16. The number of carbonyl (C=O) groups is 1. The van der Waals surface area contributed by atoms with Crippen LogP contribution in [0.5, 0.6) is 5.75 Å². The van der Waals surface area contributed by atoms with Crippen LogP contribution in [0.3, 0.4) is 0 Å². The predicted molar refractivity (Wildman–Crippen MR) is 111 cm³/mol. The van der Waals surface area contributed by atoms with E-state index in [0.717, 1.165) is 35.4 Å². The molecular weight excluding hydrogens is 356 g/mol. The Morgan fingerprint density at radius 1 is 1.30 bits per heavy atom. The first-order valence-corrected chi connectivity index (χ1v) is 10.6. The first kappa shape index (κ1) is 18.4. The lowest BCUT2D eigenvalue weighted by atomic mass is 9.69. The quantitative estimate of drug-likeness (QED) is 0.685. The van der Waals surface area contributed by atoms with E-state index in [0.29, 0.717) is 16.9 Å². The minimum atomic E-state index is -0.395. The molecule has 2 aromatic rings. The zero-order chi connectivity index (χ0) is 19.3. The maximum absolute atomic E-state index is 12.9. The lowest BCUT2D eigenvalue weighted by Crippen LogP contribution is -2.38. The molecule has 1 amide bonds. The first-order chi connectivity index (χ1) is 12.8. The van der Waals surface area contributed by atoms with Gasteiger partial charge >= 0.3 is 0 Å². The van der Waals surface area contributed by atoms with Crippen molar-refractivity contribution in [2.24, 2.45) is 11.3 Å². The van der Waals surface area contributed by atoms with Gasteiger partial charge in [-0.05, 0) is 48.6 Å². The summed E-state index contributed by atoms with van der Waals surface area (Å²) < 4.78 is 0. The summed E-state index contributed by atoms with van der Waals surface area (Å²) in [5.74, 6) is 0.875. The summed E-state index contributed by atoms with van der Waals surface area (Å²) in [6.07, 6.45) is 3.96. The molecule has 3 N–H and O–H groups in total. The monoisotopic (exact) mass is 384 g/mol. The molecule has 0 bridgehead atoms. The van der Waals surface area contributed by atoms with E-state index in [-0.39, 0.29) is 11.7 Å². The Hall–Kier alpha value is -2.01. The molecule has 1 aromatic heterocycles. The minimum Gasteiger partial charge on any atom is -0.507 e. The summed E-state index contributed by atoms with van der Waals surface area (Å²) in [6, 6.07) is 5.64. The number of carbonyl (C=O) groups excluding carboxylic acids is 1. The van der Waals surface area contributed by atoms with Crippen molar-refractivity contribution in [3.63, 3.8) is 0 Å². The van der Waals surface area contributed by atoms with E-state index in [1.165, 1.54) is 16.9 Å². The molecule has 0 fully saturated rings. The number of aromatic hydroxyl groups is 1. The molecule has 5 heteroatoms. The number of benzene rings is 1. The van der Waals surface area contributed by atoms with Gasteiger partial charge in [0.25, 0.3) is 5.91 Å². The second-order valence-corrected chi connectivity index (χ2v) is 9.66. The Kier molecular flexibility index (Phi) is 4.46. The Labute approximate surface area is 165 Å². The second kappa shape index (κ2) is 6.55. The lowest BCUT2D eigenvalue weighted by Gasteiger charge is -2.36. The molecule has 1 aliphatic carbocycles. The van der Waals surface area contributed by atoms with Gasteiger partial charge in [0.15, 0.2) is 0 Å². The number of hydrogen-bond acceptors (Lipinski definition) is 4. The van der Waals surface area contributed by atoms with Crippen molar-refractivity contribution in [3.05, 3.63) is 45.3 Å². The fourth-order valence-electron chi connectivity index (χ4n) is 4.32. The van der Waals surface area contributed by atoms with Crippen LogP contribution in [0.25, 0.3) is 0 Å². The molecule has 4 rings (SSSR count). The van der Waals surface area contributed by atoms with Crippen LogP contribution in [0, 0.1) is 18.3 Å². The molecule has 2 aliphatic rings. The van der Waals surface area contributed by atoms with Gasteiger partial charge in [0, 0.05) is 10.4 Å². The topological polar surface area (TPSA) is 61.4 Å². The highest BCUT2D eigenvalue weighted by atomic mass is 32.1. The fourth-order valence-corrected chi connectivity index (χ4v) is 5.68. The van der Waals surface area contributed by atoms with E-state index in [1.54, 1.807) is 11.3 Å². The van der Waals surface area contributed by atoms with Gasteiger partial charge in [0.1, 0.15) is 16.9 Å². The largest absolute Gasteiger partial charge is 0.507 e. The molecule has 0 saturated heterocycles. The summed E-state index contributed by atoms with van der Waals surface area (Å²) in [7, 11) is 0. The molecule has 27 heavy (non-hydrogen) atoms. The molecule has 0 unspecified atom stereocenters. The maximum Gasteiger partial charge on any atom is 0.256 e. The lowest BCUT2D eigenvalue weighted by molar-refractivity contribution is 0.0934. The molecule has 1 aliphatic heterocycles. The Bertz CT molecular complexity index is 900. The SMILES string of the molecule is CCC(C)(C)[C@H]1CCc2c(sc3c2C(=O)N[C@H](c2cccc(C)c2O)N3)C1. The fraction of sp³-hybridized carbons (Fsp3) is 0.500. The number of amides is 1. The summed E-state index contributed by atoms with van der Waals surface area (Å²) in [6.45, 7) is 8.85. The highest BCUT2D eigenvalue weighted by Crippen LogP contribution is 2.47. The van der Waals surface area contributed by atoms with Crippen molar-refractivity contribution in [1.82, 2.24) is 5.32 Å². The second-order valence-electron chi connectivity index (χ2n) is 8.55. The van der Waals surface area contributed by atoms with Crippen LogP contribution in [0.2, 0.25) is 0 Å². The number of fused-ring (bicyclic) bond motifs is 3. The molecular formula is C22H28N2O2S. The number of thiophene rings is 1. The zero-order valence-corrected chi connectivity index (χ0v) is 17.3. The van der Waals surface area contributed by atoms with Gasteiger partial charge < -0.3 is 15.7 Å². The number of hydrogen-bond donors (Lipinski definition) is 3. The van der Waals surface area contributed by atoms with E-state index in [9.17, 15) is 9.90 Å². The Morgan fingerprint density at radius 3 is 2.81 bits per heavy atom. The average Bonchev–Trinajstić information content (AvgIpc) is 3.01. The molecule has 1 aromatic carbocycles. The van der Waals surface area contributed by atoms with Gasteiger partial charge in [-0.2, -0.15) is 0 Å². The van der Waals surface area contributed by atoms with E-state index in [2.05, 4.69) is 31.4 Å². The molecule has 4 nitrogen and oxygen atoms in total. The molecule has 144 valence electrons. The van der Waals surface area contributed by atoms with Crippen molar-refractivity contribution in [3.8, 4) is 5.75 Å². The van der Waals surface area contributed by atoms with Gasteiger partial charge in [-0.25, -0.2) is 0 Å². The van der Waals surface area contributed by atoms with Gasteiger partial charge in [0.2, 0.25) is 0 Å². The number of aryl methyl sites for hydroxylation is 1. The van der Waals surface area contributed by atoms with Gasteiger partial charge in [-0.1, -0.05) is 45.4 Å². The van der Waals surface area contributed by atoms with Gasteiger partial charge in [-0.3, -0.25) is 4.79 Å². The van der Waals surface area contributed by atoms with Crippen LogP contribution >= 0.6 is 11.3 Å². The van der Waals surface area contributed by atoms with Crippen molar-refractivity contribution in [2.45, 2.75) is 59.5 Å². The smallest absolute Gasteiger partial charge is 0.256 e. The van der Waals surface area contributed by atoms with E-state index in [4.69, 9.17) is 0 Å². The maximum atomic E-state index is 12.9. The highest BCUT2D eigenvalue weighted by molar-refractivity contribution is 7.16. The standard InChI is InChI=1S/C22H28N2O2S/c1-5-22(3,4)13-9-10-14-16(11-13)27-21-17(14)20(26)23-19(24-21)15-8-6-7-12(2)18(15)25/h6-8,13,19,24-25H,5,9-11H2,1-4H3,(H,23,26)/t13-,19-/m0/s1. The number of nitrogens with one attached hydrogen (secondary N) is 2. The third-order valence-corrected chi connectivity index (χ3v) is 7.83.